The molecule has 1 N–H and O–H groups in total. The van der Waals surface area contributed by atoms with Crippen LogP contribution in [0, 0.1) is 5.92 Å². The maximum absolute atomic E-state index is 12.5. The van der Waals surface area contributed by atoms with E-state index in [4.69, 9.17) is 0 Å². The van der Waals surface area contributed by atoms with Crippen LogP contribution in [-0.4, -0.2) is 34.6 Å². The molecule has 2 aromatic heterocycles. The van der Waals surface area contributed by atoms with Crippen molar-refractivity contribution in [2.24, 2.45) is 5.92 Å². The number of anilines is 1. The Kier molecular flexibility index (Phi) is 5.23. The van der Waals surface area contributed by atoms with E-state index < -0.39 is 0 Å². The highest BCUT2D eigenvalue weighted by Gasteiger charge is 2.27. The molecule has 5 nitrogen and oxygen atoms in total. The number of hydrogen-bond acceptors (Lipinski definition) is 3. The smallest absolute Gasteiger partial charge is 0.223 e. The Bertz CT molecular complexity index is 696. The maximum Gasteiger partial charge on any atom is 0.223 e. The van der Waals surface area contributed by atoms with E-state index in [2.05, 4.69) is 31.9 Å². The number of rotatable bonds is 4. The molecule has 0 atom stereocenters. The van der Waals surface area contributed by atoms with Gasteiger partial charge >= 0.3 is 0 Å². The van der Waals surface area contributed by atoms with Gasteiger partial charge in [-0.2, -0.15) is 0 Å². The predicted molar refractivity (Wildman–Crippen MR) is 104 cm³/mol. The molecular formula is C21H28N4O. The summed E-state index contributed by atoms with van der Waals surface area (Å²) in [7, 11) is 0. The van der Waals surface area contributed by atoms with Crippen molar-refractivity contribution in [1.82, 2.24) is 14.9 Å². The zero-order chi connectivity index (χ0) is 17.8. The van der Waals surface area contributed by atoms with Gasteiger partial charge in [0.25, 0.3) is 0 Å². The van der Waals surface area contributed by atoms with Crippen molar-refractivity contribution in [2.45, 2.75) is 51.0 Å². The average Bonchev–Trinajstić information content (AvgIpc) is 3.24. The summed E-state index contributed by atoms with van der Waals surface area (Å²) in [5.74, 6) is 1.44. The van der Waals surface area contributed by atoms with Gasteiger partial charge in [0.15, 0.2) is 0 Å². The second kappa shape index (κ2) is 7.94. The molecule has 2 aromatic rings. The Morgan fingerprint density at radius 1 is 1.00 bits per heavy atom. The fourth-order valence-electron chi connectivity index (χ4n) is 4.16. The van der Waals surface area contributed by atoms with Gasteiger partial charge in [-0.05, 0) is 49.9 Å². The average molecular weight is 352 g/mol. The zero-order valence-corrected chi connectivity index (χ0v) is 15.3. The van der Waals surface area contributed by atoms with E-state index >= 15 is 0 Å². The molecule has 1 saturated carbocycles. The van der Waals surface area contributed by atoms with Crippen LogP contribution in [0.5, 0.6) is 0 Å². The summed E-state index contributed by atoms with van der Waals surface area (Å²) >= 11 is 0. The molecule has 0 radical (unpaired) electrons. The van der Waals surface area contributed by atoms with E-state index in [9.17, 15) is 4.79 Å². The molecule has 138 valence electrons. The van der Waals surface area contributed by atoms with Crippen LogP contribution in [0.25, 0.3) is 5.69 Å². The first-order valence-electron chi connectivity index (χ1n) is 9.94. The first-order valence-corrected chi connectivity index (χ1v) is 9.94. The van der Waals surface area contributed by atoms with Crippen molar-refractivity contribution >= 4 is 11.7 Å². The van der Waals surface area contributed by atoms with Crippen molar-refractivity contribution in [3.8, 4) is 5.69 Å². The highest BCUT2D eigenvalue weighted by molar-refractivity contribution is 5.79. The van der Waals surface area contributed by atoms with Gasteiger partial charge in [-0.1, -0.05) is 19.3 Å². The Labute approximate surface area is 155 Å². The van der Waals surface area contributed by atoms with Crippen LogP contribution in [0.4, 0.5) is 5.82 Å². The lowest BCUT2D eigenvalue weighted by Crippen LogP contribution is -2.44. The fourth-order valence-corrected chi connectivity index (χ4v) is 4.16. The second-order valence-corrected chi connectivity index (χ2v) is 7.57. The topological polar surface area (TPSA) is 50.2 Å². The molecule has 0 bridgehead atoms. The zero-order valence-electron chi connectivity index (χ0n) is 15.3. The lowest BCUT2D eigenvalue weighted by atomic mass is 9.92. The molecule has 3 heterocycles. The summed E-state index contributed by atoms with van der Waals surface area (Å²) in [4.78, 5) is 19.5. The molecule has 1 amide bonds. The standard InChI is InChI=1S/C21H28N4O/c26-21(23-18-6-2-1-3-7-18)17-10-14-25(15-11-17)20-9-8-19(16-22-20)24-12-4-5-13-24/h4-5,8-9,12-13,16-18H,1-3,6-7,10-11,14-15H2,(H,23,26). The number of nitrogens with zero attached hydrogens (tertiary/aromatic N) is 3. The highest BCUT2D eigenvalue weighted by Crippen LogP contribution is 2.24. The normalized spacial score (nSPS) is 19.5. The second-order valence-electron chi connectivity index (χ2n) is 7.57. The largest absolute Gasteiger partial charge is 0.357 e. The van der Waals surface area contributed by atoms with E-state index in [1.807, 2.05) is 30.7 Å². The van der Waals surface area contributed by atoms with Crippen molar-refractivity contribution < 1.29 is 4.79 Å². The van der Waals surface area contributed by atoms with Crippen LogP contribution in [0.1, 0.15) is 44.9 Å². The molecule has 26 heavy (non-hydrogen) atoms. The third-order valence-electron chi connectivity index (χ3n) is 5.78. The minimum Gasteiger partial charge on any atom is -0.357 e. The van der Waals surface area contributed by atoms with Crippen LogP contribution in [0.2, 0.25) is 0 Å². The molecule has 4 rings (SSSR count). The number of carbonyl (C=O) groups excluding carboxylic acids is 1. The summed E-state index contributed by atoms with van der Waals surface area (Å²) in [6.07, 6.45) is 13.9. The van der Waals surface area contributed by atoms with Gasteiger partial charge in [-0.3, -0.25) is 4.79 Å². The molecule has 1 aliphatic carbocycles. The molecular weight excluding hydrogens is 324 g/mol. The molecule has 0 unspecified atom stereocenters. The van der Waals surface area contributed by atoms with Crippen molar-refractivity contribution in [1.29, 1.82) is 0 Å². The Balaban J connectivity index is 1.29. The fraction of sp³-hybridized carbons (Fsp3) is 0.524. The van der Waals surface area contributed by atoms with Gasteiger partial charge in [0.1, 0.15) is 5.82 Å². The third-order valence-corrected chi connectivity index (χ3v) is 5.78. The summed E-state index contributed by atoms with van der Waals surface area (Å²) in [5.41, 5.74) is 1.07. The molecule has 2 aliphatic rings. The predicted octanol–water partition coefficient (Wildman–Crippen LogP) is 3.54. The summed E-state index contributed by atoms with van der Waals surface area (Å²) in [6, 6.07) is 8.62. The maximum atomic E-state index is 12.5. The molecule has 1 aliphatic heterocycles. The number of amides is 1. The number of hydrogen-bond donors (Lipinski definition) is 1. The van der Waals surface area contributed by atoms with Gasteiger partial charge in [0.05, 0.1) is 11.9 Å². The highest BCUT2D eigenvalue weighted by atomic mass is 16.1. The van der Waals surface area contributed by atoms with Crippen molar-refractivity contribution in [3.63, 3.8) is 0 Å². The lowest BCUT2D eigenvalue weighted by molar-refractivity contribution is -0.126. The quantitative estimate of drug-likeness (QED) is 0.916. The van der Waals surface area contributed by atoms with Gasteiger partial charge in [0.2, 0.25) is 5.91 Å². The molecule has 0 spiro atoms. The molecule has 1 saturated heterocycles. The first-order chi connectivity index (χ1) is 12.8. The minimum absolute atomic E-state index is 0.160. The Morgan fingerprint density at radius 3 is 2.38 bits per heavy atom. The van der Waals surface area contributed by atoms with E-state index in [0.717, 1.165) is 50.3 Å². The molecule has 5 heteroatoms. The molecule has 2 fully saturated rings. The summed E-state index contributed by atoms with van der Waals surface area (Å²) < 4.78 is 2.05. The van der Waals surface area contributed by atoms with Gasteiger partial charge < -0.3 is 14.8 Å². The Morgan fingerprint density at radius 2 is 1.73 bits per heavy atom. The van der Waals surface area contributed by atoms with Crippen molar-refractivity contribution in [3.05, 3.63) is 42.9 Å². The summed E-state index contributed by atoms with van der Waals surface area (Å²) in [6.45, 7) is 1.80. The number of pyridine rings is 1. The van der Waals surface area contributed by atoms with E-state index in [0.29, 0.717) is 6.04 Å². The van der Waals surface area contributed by atoms with Crippen LogP contribution in [-0.2, 0) is 4.79 Å². The number of piperidine rings is 1. The van der Waals surface area contributed by atoms with Crippen molar-refractivity contribution in [2.75, 3.05) is 18.0 Å². The van der Waals surface area contributed by atoms with E-state index in [-0.39, 0.29) is 11.8 Å². The summed E-state index contributed by atoms with van der Waals surface area (Å²) in [5, 5.41) is 3.29. The Hall–Kier alpha value is -2.30. The molecule has 0 aromatic carbocycles. The first kappa shape index (κ1) is 17.1. The van der Waals surface area contributed by atoms with Crippen LogP contribution >= 0.6 is 0 Å². The third kappa shape index (κ3) is 3.92. The lowest BCUT2D eigenvalue weighted by Gasteiger charge is -2.33. The van der Waals surface area contributed by atoms with Crippen LogP contribution < -0.4 is 10.2 Å². The van der Waals surface area contributed by atoms with Gasteiger partial charge in [-0.25, -0.2) is 4.98 Å². The van der Waals surface area contributed by atoms with Gasteiger partial charge in [-0.15, -0.1) is 0 Å². The number of aromatic nitrogens is 2. The van der Waals surface area contributed by atoms with Crippen LogP contribution in [0.3, 0.4) is 0 Å². The van der Waals surface area contributed by atoms with E-state index in [1.165, 1.54) is 19.3 Å². The van der Waals surface area contributed by atoms with Gasteiger partial charge in [0, 0.05) is 37.4 Å². The monoisotopic (exact) mass is 352 g/mol. The number of nitrogens with one attached hydrogen (secondary N) is 1. The van der Waals surface area contributed by atoms with E-state index in [1.54, 1.807) is 0 Å². The minimum atomic E-state index is 0.160. The van der Waals surface area contributed by atoms with Crippen LogP contribution in [0.15, 0.2) is 42.9 Å². The SMILES string of the molecule is O=C(NC1CCCCC1)C1CCN(c2ccc(-n3cccc3)cn2)CC1. The number of carbonyl (C=O) groups is 1.